The Morgan fingerprint density at radius 2 is 1.89 bits per heavy atom. The highest BCUT2D eigenvalue weighted by Crippen LogP contribution is 2.24. The molecule has 0 heterocycles. The Morgan fingerprint density at radius 3 is 2.50 bits per heavy atom. The average molecular weight is 270 g/mol. The number of benzene rings is 1. The molecule has 0 aliphatic heterocycles. The summed E-state index contributed by atoms with van der Waals surface area (Å²) in [5, 5.41) is 0. The molecule has 0 aliphatic carbocycles. The van der Waals surface area contributed by atoms with E-state index in [4.69, 9.17) is 5.73 Å². The molecule has 0 atom stereocenters. The van der Waals surface area contributed by atoms with Gasteiger partial charge in [-0.25, -0.2) is 8.42 Å². The highest BCUT2D eigenvalue weighted by Gasteiger charge is 2.13. The average Bonchev–Trinajstić information content (AvgIpc) is 2.29. The topological polar surface area (TPSA) is 72.2 Å². The zero-order valence-corrected chi connectivity index (χ0v) is 11.8. The largest absolute Gasteiger partial charge is 0.330 e. The van der Waals surface area contributed by atoms with Gasteiger partial charge in [0.15, 0.2) is 0 Å². The van der Waals surface area contributed by atoms with E-state index in [0.29, 0.717) is 18.7 Å². The molecule has 0 bridgehead atoms. The van der Waals surface area contributed by atoms with Crippen molar-refractivity contribution in [2.75, 3.05) is 17.0 Å². The Bertz CT molecular complexity index is 470. The van der Waals surface area contributed by atoms with Crippen LogP contribution in [0.3, 0.4) is 0 Å². The third-order valence-electron chi connectivity index (χ3n) is 2.72. The second-order valence-electron chi connectivity index (χ2n) is 4.66. The molecule has 0 aliphatic rings. The van der Waals surface area contributed by atoms with Crippen LogP contribution >= 0.6 is 0 Å². The molecule has 0 fully saturated rings. The van der Waals surface area contributed by atoms with Crippen LogP contribution < -0.4 is 10.5 Å². The number of nitrogens with two attached hydrogens (primary N) is 1. The Balaban J connectivity index is 2.78. The monoisotopic (exact) mass is 270 g/mol. The number of para-hydroxylation sites is 1. The first-order chi connectivity index (χ1) is 8.46. The fourth-order valence-electron chi connectivity index (χ4n) is 1.75. The van der Waals surface area contributed by atoms with Gasteiger partial charge in [0.25, 0.3) is 0 Å². The van der Waals surface area contributed by atoms with Crippen LogP contribution in [0.15, 0.2) is 24.3 Å². The molecular formula is C13H22N2O2S. The van der Waals surface area contributed by atoms with E-state index < -0.39 is 10.0 Å². The summed E-state index contributed by atoms with van der Waals surface area (Å²) in [6.45, 7) is 4.61. The van der Waals surface area contributed by atoms with Crippen LogP contribution in [0, 0.1) is 0 Å². The number of unbranched alkanes of at least 4 members (excludes halogenated alkanes) is 1. The van der Waals surface area contributed by atoms with Gasteiger partial charge in [0, 0.05) is 0 Å². The molecule has 0 saturated carbocycles. The van der Waals surface area contributed by atoms with Gasteiger partial charge in [-0.3, -0.25) is 4.72 Å². The molecule has 1 rings (SSSR count). The van der Waals surface area contributed by atoms with Crippen molar-refractivity contribution in [1.29, 1.82) is 0 Å². The van der Waals surface area contributed by atoms with Crippen LogP contribution in [0.4, 0.5) is 5.69 Å². The fourth-order valence-corrected chi connectivity index (χ4v) is 2.96. The predicted octanol–water partition coefficient (Wildman–Crippen LogP) is 2.29. The van der Waals surface area contributed by atoms with Gasteiger partial charge in [-0.2, -0.15) is 0 Å². The Kier molecular flexibility index (Phi) is 5.62. The van der Waals surface area contributed by atoms with Gasteiger partial charge in [0.2, 0.25) is 10.0 Å². The minimum atomic E-state index is -3.27. The van der Waals surface area contributed by atoms with Gasteiger partial charge in [0.1, 0.15) is 0 Å². The van der Waals surface area contributed by atoms with Gasteiger partial charge in [-0.15, -0.1) is 0 Å². The van der Waals surface area contributed by atoms with Crippen molar-refractivity contribution >= 4 is 15.7 Å². The van der Waals surface area contributed by atoms with E-state index >= 15 is 0 Å². The molecule has 0 radical (unpaired) electrons. The zero-order chi connectivity index (χ0) is 13.6. The molecular weight excluding hydrogens is 248 g/mol. The Hall–Kier alpha value is -1.07. The Morgan fingerprint density at radius 1 is 1.22 bits per heavy atom. The molecule has 1 aromatic carbocycles. The molecule has 0 saturated heterocycles. The van der Waals surface area contributed by atoms with Crippen molar-refractivity contribution in [2.45, 2.75) is 32.6 Å². The van der Waals surface area contributed by atoms with Crippen LogP contribution in [0.1, 0.15) is 38.2 Å². The van der Waals surface area contributed by atoms with Crippen molar-refractivity contribution in [3.63, 3.8) is 0 Å². The number of hydrogen-bond acceptors (Lipinski definition) is 3. The minimum Gasteiger partial charge on any atom is -0.330 e. The SMILES string of the molecule is CC(C)c1ccccc1NS(=O)(=O)CCCCN. The maximum Gasteiger partial charge on any atom is 0.232 e. The molecule has 0 aromatic heterocycles. The highest BCUT2D eigenvalue weighted by molar-refractivity contribution is 7.92. The lowest BCUT2D eigenvalue weighted by Gasteiger charge is -2.14. The van der Waals surface area contributed by atoms with Crippen molar-refractivity contribution in [1.82, 2.24) is 0 Å². The summed E-state index contributed by atoms with van der Waals surface area (Å²) in [4.78, 5) is 0. The number of sulfonamides is 1. The van der Waals surface area contributed by atoms with Crippen molar-refractivity contribution < 1.29 is 8.42 Å². The second kappa shape index (κ2) is 6.75. The third-order valence-corrected chi connectivity index (χ3v) is 4.07. The standard InChI is InChI=1S/C13H22N2O2S/c1-11(2)12-7-3-4-8-13(12)15-18(16,17)10-6-5-9-14/h3-4,7-8,11,15H,5-6,9-10,14H2,1-2H3. The predicted molar refractivity (Wildman–Crippen MR) is 76.2 cm³/mol. The van der Waals surface area contributed by atoms with Crippen LogP contribution in [0.5, 0.6) is 0 Å². The van der Waals surface area contributed by atoms with Crippen LogP contribution in [0.2, 0.25) is 0 Å². The molecule has 4 nitrogen and oxygen atoms in total. The van der Waals surface area contributed by atoms with Crippen molar-refractivity contribution in [3.05, 3.63) is 29.8 Å². The summed E-state index contributed by atoms with van der Waals surface area (Å²) < 4.78 is 26.5. The van der Waals surface area contributed by atoms with Crippen LogP contribution in [0.25, 0.3) is 0 Å². The summed E-state index contributed by atoms with van der Waals surface area (Å²) in [5.74, 6) is 0.407. The summed E-state index contributed by atoms with van der Waals surface area (Å²) in [7, 11) is -3.27. The minimum absolute atomic E-state index is 0.122. The zero-order valence-electron chi connectivity index (χ0n) is 11.0. The van der Waals surface area contributed by atoms with E-state index in [9.17, 15) is 8.42 Å². The molecule has 0 amide bonds. The highest BCUT2D eigenvalue weighted by atomic mass is 32.2. The first-order valence-corrected chi connectivity index (χ1v) is 7.91. The number of hydrogen-bond donors (Lipinski definition) is 2. The van der Waals surface area contributed by atoms with Gasteiger partial charge in [-0.1, -0.05) is 32.0 Å². The van der Waals surface area contributed by atoms with Gasteiger partial charge in [-0.05, 0) is 36.9 Å². The van der Waals surface area contributed by atoms with Crippen LogP contribution in [-0.2, 0) is 10.0 Å². The molecule has 3 N–H and O–H groups in total. The third kappa shape index (κ3) is 4.66. The first kappa shape index (κ1) is 15.0. The molecule has 18 heavy (non-hydrogen) atoms. The number of nitrogens with one attached hydrogen (secondary N) is 1. The van der Waals surface area contributed by atoms with E-state index in [2.05, 4.69) is 4.72 Å². The summed E-state index contributed by atoms with van der Waals surface area (Å²) >= 11 is 0. The molecule has 5 heteroatoms. The van der Waals surface area contributed by atoms with Gasteiger partial charge in [0.05, 0.1) is 11.4 Å². The fraction of sp³-hybridized carbons (Fsp3) is 0.538. The van der Waals surface area contributed by atoms with E-state index in [1.54, 1.807) is 6.07 Å². The quantitative estimate of drug-likeness (QED) is 0.747. The van der Waals surface area contributed by atoms with Gasteiger partial charge >= 0.3 is 0 Å². The first-order valence-electron chi connectivity index (χ1n) is 6.26. The summed E-state index contributed by atoms with van der Waals surface area (Å²) in [6.07, 6.45) is 1.32. The smallest absolute Gasteiger partial charge is 0.232 e. The second-order valence-corrected chi connectivity index (χ2v) is 6.50. The molecule has 0 unspecified atom stereocenters. The van der Waals surface area contributed by atoms with Crippen molar-refractivity contribution in [2.24, 2.45) is 5.73 Å². The Labute approximate surface area is 110 Å². The molecule has 1 aromatic rings. The lowest BCUT2D eigenvalue weighted by atomic mass is 10.0. The summed E-state index contributed by atoms with van der Waals surface area (Å²) in [6, 6.07) is 7.50. The van der Waals surface area contributed by atoms with E-state index in [0.717, 1.165) is 12.0 Å². The lowest BCUT2D eigenvalue weighted by Crippen LogP contribution is -2.18. The van der Waals surface area contributed by atoms with Crippen molar-refractivity contribution in [3.8, 4) is 0 Å². The molecule has 0 spiro atoms. The van der Waals surface area contributed by atoms with Crippen LogP contribution in [-0.4, -0.2) is 20.7 Å². The summed E-state index contributed by atoms with van der Waals surface area (Å²) in [5.41, 5.74) is 7.05. The lowest BCUT2D eigenvalue weighted by molar-refractivity contribution is 0.597. The maximum absolute atomic E-state index is 11.9. The molecule has 102 valence electrons. The van der Waals surface area contributed by atoms with E-state index in [1.807, 2.05) is 32.0 Å². The number of anilines is 1. The van der Waals surface area contributed by atoms with E-state index in [1.165, 1.54) is 0 Å². The maximum atomic E-state index is 11.9. The number of rotatable bonds is 7. The normalized spacial score (nSPS) is 11.8. The van der Waals surface area contributed by atoms with E-state index in [-0.39, 0.29) is 11.7 Å². The van der Waals surface area contributed by atoms with Gasteiger partial charge < -0.3 is 5.73 Å².